The van der Waals surface area contributed by atoms with Crippen molar-refractivity contribution in [3.63, 3.8) is 0 Å². The SMILES string of the molecule is CCCn1nccc1NC(=O)[C@H]1[C@H](C=C(C)C)C1(C)C. The van der Waals surface area contributed by atoms with Crippen LogP contribution in [0.4, 0.5) is 5.82 Å². The number of carbonyl (C=O) groups excluding carboxylic acids is 1. The highest BCUT2D eigenvalue weighted by atomic mass is 16.2. The van der Waals surface area contributed by atoms with Crippen LogP contribution in [0.2, 0.25) is 0 Å². The second-order valence-electron chi connectivity index (χ2n) is 6.50. The lowest BCUT2D eigenvalue weighted by atomic mass is 10.1. The molecule has 1 aliphatic rings. The number of aryl methyl sites for hydroxylation is 1. The first-order valence-corrected chi connectivity index (χ1v) is 7.35. The maximum Gasteiger partial charge on any atom is 0.229 e. The second kappa shape index (κ2) is 5.43. The number of aromatic nitrogens is 2. The number of allylic oxidation sites excluding steroid dienone is 2. The molecule has 0 aliphatic heterocycles. The van der Waals surface area contributed by atoms with E-state index < -0.39 is 0 Å². The Morgan fingerprint density at radius 2 is 2.20 bits per heavy atom. The molecule has 1 saturated carbocycles. The zero-order valence-corrected chi connectivity index (χ0v) is 13.1. The van der Waals surface area contributed by atoms with Crippen molar-refractivity contribution in [2.75, 3.05) is 5.32 Å². The number of hydrogen-bond donors (Lipinski definition) is 1. The van der Waals surface area contributed by atoms with Gasteiger partial charge in [-0.2, -0.15) is 5.10 Å². The summed E-state index contributed by atoms with van der Waals surface area (Å²) in [5, 5.41) is 7.26. The molecule has 0 saturated heterocycles. The van der Waals surface area contributed by atoms with E-state index in [9.17, 15) is 4.79 Å². The third-order valence-corrected chi connectivity index (χ3v) is 4.11. The molecule has 0 radical (unpaired) electrons. The summed E-state index contributed by atoms with van der Waals surface area (Å²) in [6.45, 7) is 11.4. The fourth-order valence-electron chi connectivity index (χ4n) is 2.88. The Balaban J connectivity index is 2.06. The highest BCUT2D eigenvalue weighted by Gasteiger charge is 2.60. The Bertz CT molecular complexity index is 524. The molecule has 1 heterocycles. The lowest BCUT2D eigenvalue weighted by molar-refractivity contribution is -0.118. The van der Waals surface area contributed by atoms with Gasteiger partial charge >= 0.3 is 0 Å². The van der Waals surface area contributed by atoms with Crippen molar-refractivity contribution < 1.29 is 4.79 Å². The lowest BCUT2D eigenvalue weighted by Gasteiger charge is -2.08. The molecule has 1 N–H and O–H groups in total. The highest BCUT2D eigenvalue weighted by molar-refractivity contribution is 5.95. The zero-order chi connectivity index (χ0) is 14.9. The average Bonchev–Trinajstić information content (AvgIpc) is 2.69. The van der Waals surface area contributed by atoms with E-state index >= 15 is 0 Å². The maximum absolute atomic E-state index is 12.5. The molecule has 1 amide bonds. The molecule has 1 aromatic rings. The molecule has 0 unspecified atom stereocenters. The van der Waals surface area contributed by atoms with E-state index in [1.165, 1.54) is 5.57 Å². The third kappa shape index (κ3) is 2.79. The van der Waals surface area contributed by atoms with Crippen molar-refractivity contribution in [2.24, 2.45) is 17.3 Å². The van der Waals surface area contributed by atoms with Crippen molar-refractivity contribution in [1.82, 2.24) is 9.78 Å². The van der Waals surface area contributed by atoms with Gasteiger partial charge in [0.1, 0.15) is 5.82 Å². The first-order chi connectivity index (χ1) is 9.37. The van der Waals surface area contributed by atoms with Crippen LogP contribution in [0.15, 0.2) is 23.9 Å². The number of hydrogen-bond acceptors (Lipinski definition) is 2. The summed E-state index contributed by atoms with van der Waals surface area (Å²) in [5.74, 6) is 1.31. The Hall–Kier alpha value is -1.58. The van der Waals surface area contributed by atoms with E-state index in [0.29, 0.717) is 5.92 Å². The first-order valence-electron chi connectivity index (χ1n) is 7.35. The lowest BCUT2D eigenvalue weighted by Crippen LogP contribution is -2.19. The van der Waals surface area contributed by atoms with Crippen LogP contribution in [0, 0.1) is 17.3 Å². The van der Waals surface area contributed by atoms with Crippen molar-refractivity contribution in [3.05, 3.63) is 23.9 Å². The van der Waals surface area contributed by atoms with Crippen molar-refractivity contribution in [1.29, 1.82) is 0 Å². The molecule has 0 aromatic carbocycles. The topological polar surface area (TPSA) is 46.9 Å². The van der Waals surface area contributed by atoms with E-state index in [1.807, 2.05) is 10.7 Å². The second-order valence-corrected chi connectivity index (χ2v) is 6.50. The van der Waals surface area contributed by atoms with Crippen LogP contribution < -0.4 is 5.32 Å². The Morgan fingerprint density at radius 1 is 1.50 bits per heavy atom. The summed E-state index contributed by atoms with van der Waals surface area (Å²) >= 11 is 0. The van der Waals surface area contributed by atoms with Gasteiger partial charge in [0.15, 0.2) is 0 Å². The van der Waals surface area contributed by atoms with Crippen LogP contribution in [-0.2, 0) is 11.3 Å². The van der Waals surface area contributed by atoms with Crippen molar-refractivity contribution >= 4 is 11.7 Å². The molecule has 1 aliphatic carbocycles. The molecule has 0 bridgehead atoms. The maximum atomic E-state index is 12.5. The van der Waals surface area contributed by atoms with Crippen LogP contribution in [0.25, 0.3) is 0 Å². The molecule has 1 fully saturated rings. The van der Waals surface area contributed by atoms with Gasteiger partial charge in [0.25, 0.3) is 0 Å². The average molecular weight is 275 g/mol. The molecule has 1 aromatic heterocycles. The summed E-state index contributed by atoms with van der Waals surface area (Å²) in [6.07, 6.45) is 4.95. The molecular formula is C16H25N3O. The van der Waals surface area contributed by atoms with Crippen LogP contribution >= 0.6 is 0 Å². The molecule has 20 heavy (non-hydrogen) atoms. The fourth-order valence-corrected chi connectivity index (χ4v) is 2.88. The number of nitrogens with zero attached hydrogens (tertiary/aromatic N) is 2. The first kappa shape index (κ1) is 14.8. The van der Waals surface area contributed by atoms with Gasteiger partial charge in [-0.25, -0.2) is 4.68 Å². The monoisotopic (exact) mass is 275 g/mol. The van der Waals surface area contributed by atoms with Crippen LogP contribution in [0.1, 0.15) is 41.0 Å². The van der Waals surface area contributed by atoms with Crippen LogP contribution in [-0.4, -0.2) is 15.7 Å². The van der Waals surface area contributed by atoms with Gasteiger partial charge in [-0.15, -0.1) is 0 Å². The largest absolute Gasteiger partial charge is 0.311 e. The van der Waals surface area contributed by atoms with Gasteiger partial charge in [0.2, 0.25) is 5.91 Å². The fraction of sp³-hybridized carbons (Fsp3) is 0.625. The van der Waals surface area contributed by atoms with Gasteiger partial charge in [-0.1, -0.05) is 32.4 Å². The predicted octanol–water partition coefficient (Wildman–Crippen LogP) is 3.47. The number of nitrogens with one attached hydrogen (secondary N) is 1. The number of amides is 1. The molecular weight excluding hydrogens is 250 g/mol. The minimum absolute atomic E-state index is 0.0525. The van der Waals surface area contributed by atoms with Gasteiger partial charge < -0.3 is 5.32 Å². The number of rotatable bonds is 5. The Morgan fingerprint density at radius 3 is 2.80 bits per heavy atom. The van der Waals surface area contributed by atoms with Gasteiger partial charge in [-0.05, 0) is 31.6 Å². The van der Waals surface area contributed by atoms with Crippen LogP contribution in [0.3, 0.4) is 0 Å². The van der Waals surface area contributed by atoms with E-state index in [0.717, 1.165) is 18.8 Å². The third-order valence-electron chi connectivity index (χ3n) is 4.11. The minimum Gasteiger partial charge on any atom is -0.311 e. The molecule has 2 rings (SSSR count). The van der Waals surface area contributed by atoms with E-state index in [2.05, 4.69) is 51.1 Å². The molecule has 2 atom stereocenters. The zero-order valence-electron chi connectivity index (χ0n) is 13.1. The predicted molar refractivity (Wildman–Crippen MR) is 81.3 cm³/mol. The van der Waals surface area contributed by atoms with Crippen molar-refractivity contribution in [3.8, 4) is 0 Å². The van der Waals surface area contributed by atoms with Crippen LogP contribution in [0.5, 0.6) is 0 Å². The van der Waals surface area contributed by atoms with E-state index in [-0.39, 0.29) is 17.2 Å². The summed E-state index contributed by atoms with van der Waals surface area (Å²) in [4.78, 5) is 12.5. The highest BCUT2D eigenvalue weighted by Crippen LogP contribution is 2.59. The normalized spacial score (nSPS) is 23.2. The molecule has 4 heteroatoms. The van der Waals surface area contributed by atoms with E-state index in [4.69, 9.17) is 0 Å². The number of carbonyl (C=O) groups is 1. The Kier molecular flexibility index (Phi) is 4.02. The summed E-state index contributed by atoms with van der Waals surface area (Å²) in [5.41, 5.74) is 1.33. The molecule has 4 nitrogen and oxygen atoms in total. The number of anilines is 1. The smallest absolute Gasteiger partial charge is 0.229 e. The van der Waals surface area contributed by atoms with Gasteiger partial charge in [0, 0.05) is 12.6 Å². The standard InChI is InChI=1S/C16H25N3O/c1-6-9-19-13(7-8-17-19)18-15(20)14-12(10-11(2)3)16(14,4)5/h7-8,10,12,14H,6,9H2,1-5H3,(H,18,20)/t12-,14+/m0/s1. The molecule has 0 spiro atoms. The van der Waals surface area contributed by atoms with E-state index in [1.54, 1.807) is 6.20 Å². The van der Waals surface area contributed by atoms with Gasteiger partial charge in [-0.3, -0.25) is 4.79 Å². The molecule has 110 valence electrons. The summed E-state index contributed by atoms with van der Waals surface area (Å²) < 4.78 is 1.85. The van der Waals surface area contributed by atoms with Gasteiger partial charge in [0.05, 0.1) is 12.1 Å². The van der Waals surface area contributed by atoms with Crippen molar-refractivity contribution in [2.45, 2.75) is 47.6 Å². The minimum atomic E-state index is 0.0525. The summed E-state index contributed by atoms with van der Waals surface area (Å²) in [7, 11) is 0. The quantitative estimate of drug-likeness (QED) is 0.836. The summed E-state index contributed by atoms with van der Waals surface area (Å²) in [6, 6.07) is 1.86. The Labute approximate surface area is 121 Å².